The summed E-state index contributed by atoms with van der Waals surface area (Å²) in [7, 11) is 0. The lowest BCUT2D eigenvalue weighted by Gasteiger charge is -2.21. The third-order valence-electron chi connectivity index (χ3n) is 4.39. The first-order chi connectivity index (χ1) is 11.3. The molecular weight excluding hydrogens is 290 g/mol. The number of piperidine rings is 1. The van der Waals surface area contributed by atoms with E-state index in [1.165, 1.54) is 4.52 Å². The molecule has 2 N–H and O–H groups in total. The molecule has 118 valence electrons. The third-order valence-corrected chi connectivity index (χ3v) is 4.39. The molecule has 6 heteroatoms. The zero-order chi connectivity index (χ0) is 15.6. The second-order valence-corrected chi connectivity index (χ2v) is 6.06. The molecule has 2 aromatic heterocycles. The smallest absolute Gasteiger partial charge is 0.274 e. The summed E-state index contributed by atoms with van der Waals surface area (Å²) in [6, 6.07) is 11.4. The number of hydrogen-bond acceptors (Lipinski definition) is 4. The first kappa shape index (κ1) is 14.1. The molecule has 0 saturated carbocycles. The maximum absolute atomic E-state index is 12.3. The van der Waals surface area contributed by atoms with Crippen LogP contribution < -0.4 is 10.9 Å². The molecule has 0 atom stereocenters. The average Bonchev–Trinajstić information content (AvgIpc) is 3.01. The summed E-state index contributed by atoms with van der Waals surface area (Å²) in [4.78, 5) is 21.4. The molecule has 1 aromatic carbocycles. The van der Waals surface area contributed by atoms with Crippen LogP contribution in [0, 0.1) is 5.92 Å². The first-order valence-electron chi connectivity index (χ1n) is 8.04. The minimum atomic E-state index is -0.103. The van der Waals surface area contributed by atoms with Crippen molar-refractivity contribution in [2.75, 3.05) is 13.1 Å². The average molecular weight is 309 g/mol. The van der Waals surface area contributed by atoms with E-state index in [-0.39, 0.29) is 5.56 Å². The molecule has 6 nitrogen and oxygen atoms in total. The van der Waals surface area contributed by atoms with E-state index in [0.717, 1.165) is 43.6 Å². The molecule has 3 aromatic rings. The van der Waals surface area contributed by atoms with E-state index in [4.69, 9.17) is 0 Å². The highest BCUT2D eigenvalue weighted by Gasteiger charge is 2.16. The van der Waals surface area contributed by atoms with Gasteiger partial charge in [-0.3, -0.25) is 9.89 Å². The van der Waals surface area contributed by atoms with Crippen LogP contribution in [0.15, 0.2) is 41.2 Å². The van der Waals surface area contributed by atoms with Crippen molar-refractivity contribution in [3.63, 3.8) is 0 Å². The van der Waals surface area contributed by atoms with Gasteiger partial charge in [-0.25, -0.2) is 4.98 Å². The molecule has 0 unspecified atom stereocenters. The monoisotopic (exact) mass is 309 g/mol. The van der Waals surface area contributed by atoms with Crippen LogP contribution in [0.2, 0.25) is 0 Å². The molecule has 0 spiro atoms. The van der Waals surface area contributed by atoms with Crippen molar-refractivity contribution in [1.82, 2.24) is 24.9 Å². The molecule has 0 aliphatic carbocycles. The number of aromatic amines is 1. The Balaban J connectivity index is 1.68. The van der Waals surface area contributed by atoms with Crippen molar-refractivity contribution in [2.24, 2.45) is 5.92 Å². The minimum absolute atomic E-state index is 0.103. The van der Waals surface area contributed by atoms with E-state index in [9.17, 15) is 4.79 Å². The van der Waals surface area contributed by atoms with Gasteiger partial charge >= 0.3 is 0 Å². The van der Waals surface area contributed by atoms with Gasteiger partial charge in [-0.05, 0) is 38.3 Å². The Morgan fingerprint density at radius 3 is 2.70 bits per heavy atom. The maximum Gasteiger partial charge on any atom is 0.274 e. The van der Waals surface area contributed by atoms with Gasteiger partial charge in [0.05, 0.1) is 5.69 Å². The fourth-order valence-electron chi connectivity index (χ4n) is 3.14. The normalized spacial score (nSPS) is 16.0. The number of rotatable bonds is 3. The van der Waals surface area contributed by atoms with E-state index < -0.39 is 0 Å². The van der Waals surface area contributed by atoms with Crippen molar-refractivity contribution in [2.45, 2.75) is 19.3 Å². The van der Waals surface area contributed by atoms with Gasteiger partial charge in [0, 0.05) is 11.6 Å². The van der Waals surface area contributed by atoms with Crippen LogP contribution in [-0.4, -0.2) is 32.7 Å². The van der Waals surface area contributed by atoms with E-state index >= 15 is 0 Å². The van der Waals surface area contributed by atoms with E-state index in [1.54, 1.807) is 6.07 Å². The lowest BCUT2D eigenvalue weighted by Crippen LogP contribution is -2.29. The molecular formula is C17H19N5O. The standard InChI is InChI=1S/C17H19N5O/c23-15-11-14(10-12-6-8-18-9-7-12)19-17-20-16(21-22(15)17)13-4-2-1-3-5-13/h1-5,11-12,18H,6-10H2,(H,19,20,21). The Hall–Kier alpha value is -2.47. The number of hydrogen-bond donors (Lipinski definition) is 2. The van der Waals surface area contributed by atoms with Gasteiger partial charge in [-0.2, -0.15) is 9.50 Å². The molecule has 0 radical (unpaired) electrons. The number of fused-ring (bicyclic) bond motifs is 1. The van der Waals surface area contributed by atoms with Gasteiger partial charge in [0.15, 0.2) is 5.82 Å². The van der Waals surface area contributed by atoms with Crippen LogP contribution >= 0.6 is 0 Å². The van der Waals surface area contributed by atoms with Gasteiger partial charge in [0.2, 0.25) is 0 Å². The summed E-state index contributed by atoms with van der Waals surface area (Å²) < 4.78 is 1.41. The van der Waals surface area contributed by atoms with Crippen molar-refractivity contribution >= 4 is 5.78 Å². The van der Waals surface area contributed by atoms with Gasteiger partial charge in [-0.1, -0.05) is 30.3 Å². The van der Waals surface area contributed by atoms with Crippen LogP contribution in [0.3, 0.4) is 0 Å². The molecule has 0 bridgehead atoms. The summed E-state index contributed by atoms with van der Waals surface area (Å²) in [6.07, 6.45) is 3.12. The lowest BCUT2D eigenvalue weighted by molar-refractivity contribution is 0.370. The predicted molar refractivity (Wildman–Crippen MR) is 88.3 cm³/mol. The van der Waals surface area contributed by atoms with E-state index in [1.807, 2.05) is 30.3 Å². The number of H-pyrrole nitrogens is 1. The van der Waals surface area contributed by atoms with Crippen molar-refractivity contribution < 1.29 is 0 Å². The number of nitrogens with one attached hydrogen (secondary N) is 2. The quantitative estimate of drug-likeness (QED) is 0.771. The number of aromatic nitrogens is 4. The highest BCUT2D eigenvalue weighted by Crippen LogP contribution is 2.17. The highest BCUT2D eigenvalue weighted by molar-refractivity contribution is 5.56. The largest absolute Gasteiger partial charge is 0.317 e. The summed E-state index contributed by atoms with van der Waals surface area (Å²) >= 11 is 0. The SMILES string of the molecule is O=c1cc(CC2CCNCC2)nc2nc(-c3ccccc3)[nH]n12. The topological polar surface area (TPSA) is 75.1 Å². The second kappa shape index (κ2) is 5.96. The zero-order valence-electron chi connectivity index (χ0n) is 12.8. The molecule has 23 heavy (non-hydrogen) atoms. The molecule has 4 rings (SSSR count). The summed E-state index contributed by atoms with van der Waals surface area (Å²) in [5.41, 5.74) is 1.68. The molecule has 1 aliphatic rings. The highest BCUT2D eigenvalue weighted by atomic mass is 16.1. The Morgan fingerprint density at radius 1 is 1.13 bits per heavy atom. The fourth-order valence-corrected chi connectivity index (χ4v) is 3.14. The fraction of sp³-hybridized carbons (Fsp3) is 0.353. The number of nitrogens with zero attached hydrogens (tertiary/aromatic N) is 3. The van der Waals surface area contributed by atoms with Gasteiger partial charge in [0.25, 0.3) is 11.3 Å². The van der Waals surface area contributed by atoms with Crippen molar-refractivity contribution in [3.8, 4) is 11.4 Å². The van der Waals surface area contributed by atoms with Crippen LogP contribution in [-0.2, 0) is 6.42 Å². The van der Waals surface area contributed by atoms with Gasteiger partial charge < -0.3 is 5.32 Å². The second-order valence-electron chi connectivity index (χ2n) is 6.06. The first-order valence-corrected chi connectivity index (χ1v) is 8.04. The van der Waals surface area contributed by atoms with Gasteiger partial charge in [0.1, 0.15) is 0 Å². The maximum atomic E-state index is 12.3. The van der Waals surface area contributed by atoms with E-state index in [2.05, 4.69) is 20.4 Å². The number of benzene rings is 1. The molecule has 1 fully saturated rings. The predicted octanol–water partition coefficient (Wildman–Crippen LogP) is 1.63. The Bertz CT molecular complexity index is 862. The van der Waals surface area contributed by atoms with Crippen LogP contribution in [0.1, 0.15) is 18.5 Å². The molecule has 1 aliphatic heterocycles. The Kier molecular flexibility index (Phi) is 3.67. The van der Waals surface area contributed by atoms with Crippen LogP contribution in [0.5, 0.6) is 0 Å². The van der Waals surface area contributed by atoms with E-state index in [0.29, 0.717) is 17.5 Å². The van der Waals surface area contributed by atoms with Crippen LogP contribution in [0.25, 0.3) is 17.2 Å². The Labute approximate surface area is 133 Å². The van der Waals surface area contributed by atoms with Crippen molar-refractivity contribution in [3.05, 3.63) is 52.4 Å². The molecule has 1 saturated heterocycles. The van der Waals surface area contributed by atoms with Crippen molar-refractivity contribution in [1.29, 1.82) is 0 Å². The van der Waals surface area contributed by atoms with Gasteiger partial charge in [-0.15, -0.1) is 0 Å². The third kappa shape index (κ3) is 2.90. The molecule has 3 heterocycles. The summed E-state index contributed by atoms with van der Waals surface area (Å²) in [5.74, 6) is 1.70. The summed E-state index contributed by atoms with van der Waals surface area (Å²) in [5, 5.41) is 6.39. The minimum Gasteiger partial charge on any atom is -0.317 e. The zero-order valence-corrected chi connectivity index (χ0v) is 12.8. The summed E-state index contributed by atoms with van der Waals surface area (Å²) in [6.45, 7) is 2.10. The van der Waals surface area contributed by atoms with Crippen LogP contribution in [0.4, 0.5) is 0 Å². The lowest BCUT2D eigenvalue weighted by atomic mass is 9.93. The molecule has 0 amide bonds. The Morgan fingerprint density at radius 2 is 1.91 bits per heavy atom.